The number of carbonyl (C=O) groups excluding carboxylic acids is 1. The third-order valence-corrected chi connectivity index (χ3v) is 3.79. The van der Waals surface area contributed by atoms with E-state index in [1.165, 1.54) is 19.3 Å². The van der Waals surface area contributed by atoms with Gasteiger partial charge in [-0.15, -0.1) is 0 Å². The number of benzene rings is 2. The molecule has 0 aliphatic rings. The van der Waals surface area contributed by atoms with Crippen molar-refractivity contribution < 1.29 is 24.2 Å². The highest BCUT2D eigenvalue weighted by molar-refractivity contribution is 9.10. The Morgan fingerprint density at radius 3 is 2.67 bits per heavy atom. The fourth-order valence-corrected chi connectivity index (χ4v) is 2.51. The minimum atomic E-state index is -1.11. The van der Waals surface area contributed by atoms with Crippen molar-refractivity contribution >= 4 is 39.6 Å². The SMILES string of the molecule is COc1cc(/C=C(/C#N)C(=O)Nc2cccc(Br)c2)ccc1OCC(=O)O. The van der Waals surface area contributed by atoms with E-state index in [0.29, 0.717) is 11.3 Å². The van der Waals surface area contributed by atoms with E-state index in [1.807, 2.05) is 12.1 Å². The molecule has 2 N–H and O–H groups in total. The van der Waals surface area contributed by atoms with E-state index in [4.69, 9.17) is 14.6 Å². The van der Waals surface area contributed by atoms with Crippen LogP contribution >= 0.6 is 15.9 Å². The minimum absolute atomic E-state index is 0.101. The molecule has 27 heavy (non-hydrogen) atoms. The van der Waals surface area contributed by atoms with Crippen LogP contribution in [0.5, 0.6) is 11.5 Å². The van der Waals surface area contributed by atoms with E-state index < -0.39 is 18.5 Å². The van der Waals surface area contributed by atoms with Crippen molar-refractivity contribution in [1.29, 1.82) is 5.26 Å². The summed E-state index contributed by atoms with van der Waals surface area (Å²) in [7, 11) is 1.40. The number of methoxy groups -OCH3 is 1. The number of ether oxygens (including phenoxy) is 2. The maximum absolute atomic E-state index is 12.3. The van der Waals surface area contributed by atoms with E-state index in [-0.39, 0.29) is 17.1 Å². The highest BCUT2D eigenvalue weighted by Crippen LogP contribution is 2.29. The molecule has 0 saturated heterocycles. The second-order valence-electron chi connectivity index (χ2n) is 5.23. The van der Waals surface area contributed by atoms with Crippen LogP contribution in [0.15, 0.2) is 52.5 Å². The summed E-state index contributed by atoms with van der Waals surface area (Å²) in [6, 6.07) is 13.5. The van der Waals surface area contributed by atoms with Crippen LogP contribution in [0.2, 0.25) is 0 Å². The Balaban J connectivity index is 2.22. The fourth-order valence-electron chi connectivity index (χ4n) is 2.11. The Hall–Kier alpha value is -3.31. The van der Waals surface area contributed by atoms with Gasteiger partial charge >= 0.3 is 5.97 Å². The van der Waals surface area contributed by atoms with E-state index in [2.05, 4.69) is 21.2 Å². The van der Waals surface area contributed by atoms with Crippen LogP contribution in [0.4, 0.5) is 5.69 Å². The summed E-state index contributed by atoms with van der Waals surface area (Å²) in [6.07, 6.45) is 1.40. The number of halogens is 1. The van der Waals surface area contributed by atoms with Crippen molar-refractivity contribution in [3.05, 3.63) is 58.1 Å². The molecule has 0 spiro atoms. The molecule has 0 unspecified atom stereocenters. The molecule has 2 rings (SSSR count). The molecular formula is C19H15BrN2O5. The largest absolute Gasteiger partial charge is 0.493 e. The molecule has 0 aliphatic heterocycles. The van der Waals surface area contributed by atoms with Crippen LogP contribution < -0.4 is 14.8 Å². The molecule has 138 valence electrons. The standard InChI is InChI=1S/C19H15BrN2O5/c1-26-17-8-12(5-6-16(17)27-11-18(23)24)7-13(10-21)19(25)22-15-4-2-3-14(20)9-15/h2-9H,11H2,1H3,(H,22,25)(H,23,24)/b13-7-. The van der Waals surface area contributed by atoms with Gasteiger partial charge in [0.25, 0.3) is 5.91 Å². The average Bonchev–Trinajstić information content (AvgIpc) is 2.64. The lowest BCUT2D eigenvalue weighted by molar-refractivity contribution is -0.139. The van der Waals surface area contributed by atoms with E-state index in [1.54, 1.807) is 30.3 Å². The van der Waals surface area contributed by atoms with E-state index in [9.17, 15) is 14.9 Å². The third-order valence-electron chi connectivity index (χ3n) is 3.30. The number of hydrogen-bond donors (Lipinski definition) is 2. The maximum atomic E-state index is 12.3. The van der Waals surface area contributed by atoms with Crippen molar-refractivity contribution in [2.45, 2.75) is 0 Å². The molecule has 0 saturated carbocycles. The molecule has 2 aromatic rings. The zero-order valence-electron chi connectivity index (χ0n) is 14.2. The second-order valence-corrected chi connectivity index (χ2v) is 6.14. The predicted molar refractivity (Wildman–Crippen MR) is 102 cm³/mol. The van der Waals surface area contributed by atoms with Crippen LogP contribution in [-0.2, 0) is 9.59 Å². The molecule has 2 aromatic carbocycles. The van der Waals surface area contributed by atoms with Crippen LogP contribution in [0.3, 0.4) is 0 Å². The summed E-state index contributed by atoms with van der Waals surface area (Å²) in [5, 5.41) is 20.6. The quantitative estimate of drug-likeness (QED) is 0.514. The predicted octanol–water partition coefficient (Wildman–Crippen LogP) is 3.47. The first-order valence-corrected chi connectivity index (χ1v) is 8.43. The number of nitriles is 1. The lowest BCUT2D eigenvalue weighted by Crippen LogP contribution is -2.13. The Kier molecular flexibility index (Phi) is 6.97. The smallest absolute Gasteiger partial charge is 0.341 e. The van der Waals surface area contributed by atoms with Gasteiger partial charge in [-0.1, -0.05) is 28.1 Å². The summed E-state index contributed by atoms with van der Waals surface area (Å²) >= 11 is 3.31. The Bertz CT molecular complexity index is 934. The van der Waals surface area contributed by atoms with Gasteiger partial charge in [-0.25, -0.2) is 4.79 Å². The number of carboxylic acids is 1. The molecule has 0 heterocycles. The summed E-state index contributed by atoms with van der Waals surface area (Å²) < 4.78 is 11.1. The normalized spacial score (nSPS) is 10.6. The number of aliphatic carboxylic acids is 1. The number of carboxylic acid groups (broad SMARTS) is 1. The molecule has 0 bridgehead atoms. The summed E-state index contributed by atoms with van der Waals surface area (Å²) in [6.45, 7) is -0.510. The molecular weight excluding hydrogens is 416 g/mol. The fraction of sp³-hybridized carbons (Fsp3) is 0.105. The maximum Gasteiger partial charge on any atom is 0.341 e. The van der Waals surface area contributed by atoms with Crippen molar-refractivity contribution in [3.63, 3.8) is 0 Å². The van der Waals surface area contributed by atoms with Gasteiger partial charge in [0.2, 0.25) is 0 Å². The first-order chi connectivity index (χ1) is 12.9. The molecule has 0 fully saturated rings. The van der Waals surface area contributed by atoms with Gasteiger partial charge in [0.05, 0.1) is 7.11 Å². The zero-order chi connectivity index (χ0) is 19.8. The zero-order valence-corrected chi connectivity index (χ0v) is 15.8. The first-order valence-electron chi connectivity index (χ1n) is 7.64. The second kappa shape index (κ2) is 9.40. The van der Waals surface area contributed by atoms with Gasteiger partial charge < -0.3 is 19.9 Å². The molecule has 7 nitrogen and oxygen atoms in total. The van der Waals surface area contributed by atoms with Gasteiger partial charge in [-0.05, 0) is 42.0 Å². The van der Waals surface area contributed by atoms with Gasteiger partial charge in [0.15, 0.2) is 18.1 Å². The van der Waals surface area contributed by atoms with Crippen molar-refractivity contribution in [1.82, 2.24) is 0 Å². The topological polar surface area (TPSA) is 109 Å². The van der Waals surface area contributed by atoms with E-state index >= 15 is 0 Å². The van der Waals surface area contributed by atoms with Gasteiger partial charge in [0.1, 0.15) is 11.6 Å². The van der Waals surface area contributed by atoms with Crippen molar-refractivity contribution in [2.75, 3.05) is 19.0 Å². The number of hydrogen-bond acceptors (Lipinski definition) is 5. The molecule has 0 radical (unpaired) electrons. The monoisotopic (exact) mass is 430 g/mol. The van der Waals surface area contributed by atoms with Crippen LogP contribution in [0.25, 0.3) is 6.08 Å². The number of nitrogens with zero attached hydrogens (tertiary/aromatic N) is 1. The number of anilines is 1. The number of nitrogens with one attached hydrogen (secondary N) is 1. The lowest BCUT2D eigenvalue weighted by Gasteiger charge is -2.10. The molecule has 0 aromatic heterocycles. The molecule has 0 atom stereocenters. The Morgan fingerprint density at radius 1 is 1.26 bits per heavy atom. The van der Waals surface area contributed by atoms with Crippen molar-refractivity contribution in [2.24, 2.45) is 0 Å². The highest BCUT2D eigenvalue weighted by atomic mass is 79.9. The molecule has 8 heteroatoms. The first kappa shape index (κ1) is 20.0. The third kappa shape index (κ3) is 5.87. The molecule has 0 aliphatic carbocycles. The summed E-state index contributed by atoms with van der Waals surface area (Å²) in [5.74, 6) is -1.14. The summed E-state index contributed by atoms with van der Waals surface area (Å²) in [5.41, 5.74) is 0.970. The highest BCUT2D eigenvalue weighted by Gasteiger charge is 2.12. The van der Waals surface area contributed by atoms with E-state index in [0.717, 1.165) is 4.47 Å². The minimum Gasteiger partial charge on any atom is -0.493 e. The van der Waals surface area contributed by atoms with Gasteiger partial charge in [-0.3, -0.25) is 4.79 Å². The van der Waals surface area contributed by atoms with Gasteiger partial charge in [-0.2, -0.15) is 5.26 Å². The Labute approximate surface area is 164 Å². The Morgan fingerprint density at radius 2 is 2.04 bits per heavy atom. The van der Waals surface area contributed by atoms with Crippen LogP contribution in [0, 0.1) is 11.3 Å². The molecule has 1 amide bonds. The van der Waals surface area contributed by atoms with Crippen LogP contribution in [-0.4, -0.2) is 30.7 Å². The van der Waals surface area contributed by atoms with Crippen molar-refractivity contribution in [3.8, 4) is 17.6 Å². The number of carbonyl (C=O) groups is 2. The number of amides is 1. The van der Waals surface area contributed by atoms with Crippen LogP contribution in [0.1, 0.15) is 5.56 Å². The number of rotatable bonds is 7. The lowest BCUT2D eigenvalue weighted by atomic mass is 10.1. The average molecular weight is 431 g/mol. The summed E-state index contributed by atoms with van der Waals surface area (Å²) in [4.78, 5) is 22.9. The van der Waals surface area contributed by atoms with Gasteiger partial charge in [0, 0.05) is 10.2 Å².